The Labute approximate surface area is 130 Å². The van der Waals surface area contributed by atoms with E-state index in [1.165, 1.54) is 11.1 Å². The third-order valence-corrected chi connectivity index (χ3v) is 4.28. The van der Waals surface area contributed by atoms with Crippen molar-refractivity contribution in [1.29, 1.82) is 0 Å². The highest BCUT2D eigenvalue weighted by Gasteiger charge is 2.20. The molecular formula is C18H32N2O. The van der Waals surface area contributed by atoms with Gasteiger partial charge < -0.3 is 15.8 Å². The topological polar surface area (TPSA) is 47.3 Å². The number of ether oxygens (including phenoxy) is 1. The molecule has 0 saturated carbocycles. The molecule has 21 heavy (non-hydrogen) atoms. The quantitative estimate of drug-likeness (QED) is 0.734. The van der Waals surface area contributed by atoms with Crippen molar-refractivity contribution in [3.63, 3.8) is 0 Å². The van der Waals surface area contributed by atoms with E-state index >= 15 is 0 Å². The second kappa shape index (κ2) is 9.19. The fourth-order valence-electron chi connectivity index (χ4n) is 3.00. The second-order valence-corrected chi connectivity index (χ2v) is 6.48. The van der Waals surface area contributed by atoms with Crippen LogP contribution in [0.15, 0.2) is 24.3 Å². The Morgan fingerprint density at radius 3 is 2.24 bits per heavy atom. The second-order valence-electron chi connectivity index (χ2n) is 6.48. The molecule has 120 valence electrons. The van der Waals surface area contributed by atoms with Gasteiger partial charge in [0.15, 0.2) is 0 Å². The molecule has 1 unspecified atom stereocenters. The Morgan fingerprint density at radius 2 is 1.71 bits per heavy atom. The molecule has 0 fully saturated rings. The van der Waals surface area contributed by atoms with Crippen LogP contribution in [0.3, 0.4) is 0 Å². The summed E-state index contributed by atoms with van der Waals surface area (Å²) >= 11 is 0. The highest BCUT2D eigenvalue weighted by molar-refractivity contribution is 5.29. The molecule has 1 aromatic carbocycles. The van der Waals surface area contributed by atoms with Gasteiger partial charge in [0.05, 0.1) is 6.61 Å². The SMILES string of the molecule is COCc1ccccc1C(CN)NCC(C(C)C)C(C)C. The fraction of sp³-hybridized carbons (Fsp3) is 0.667. The highest BCUT2D eigenvalue weighted by atomic mass is 16.5. The predicted octanol–water partition coefficient (Wildman–Crippen LogP) is 3.35. The molecule has 0 heterocycles. The molecule has 0 saturated heterocycles. The molecule has 1 rings (SSSR count). The molecule has 1 aromatic rings. The third kappa shape index (κ3) is 5.42. The van der Waals surface area contributed by atoms with Gasteiger partial charge in [0.1, 0.15) is 0 Å². The summed E-state index contributed by atoms with van der Waals surface area (Å²) in [5.41, 5.74) is 8.48. The number of hydrogen-bond acceptors (Lipinski definition) is 3. The van der Waals surface area contributed by atoms with Gasteiger partial charge in [-0.15, -0.1) is 0 Å². The van der Waals surface area contributed by atoms with Crippen LogP contribution in [0.25, 0.3) is 0 Å². The van der Waals surface area contributed by atoms with Crippen molar-refractivity contribution in [2.45, 2.75) is 40.3 Å². The van der Waals surface area contributed by atoms with Crippen LogP contribution in [0.2, 0.25) is 0 Å². The fourth-order valence-corrected chi connectivity index (χ4v) is 3.00. The summed E-state index contributed by atoms with van der Waals surface area (Å²) in [5.74, 6) is 2.00. The van der Waals surface area contributed by atoms with Gasteiger partial charge in [-0.3, -0.25) is 0 Å². The summed E-state index contributed by atoms with van der Waals surface area (Å²) < 4.78 is 5.30. The smallest absolute Gasteiger partial charge is 0.0716 e. The van der Waals surface area contributed by atoms with Crippen molar-refractivity contribution >= 4 is 0 Å². The van der Waals surface area contributed by atoms with Crippen LogP contribution in [-0.2, 0) is 11.3 Å². The number of methoxy groups -OCH3 is 1. The molecule has 0 radical (unpaired) electrons. The number of rotatable bonds is 9. The van der Waals surface area contributed by atoms with E-state index in [2.05, 4.69) is 57.3 Å². The number of nitrogens with two attached hydrogens (primary N) is 1. The van der Waals surface area contributed by atoms with E-state index in [0.29, 0.717) is 30.9 Å². The van der Waals surface area contributed by atoms with E-state index in [0.717, 1.165) is 6.54 Å². The van der Waals surface area contributed by atoms with Crippen LogP contribution in [-0.4, -0.2) is 20.2 Å². The summed E-state index contributed by atoms with van der Waals surface area (Å²) in [6.07, 6.45) is 0. The lowest BCUT2D eigenvalue weighted by Crippen LogP contribution is -2.36. The largest absolute Gasteiger partial charge is 0.380 e. The Morgan fingerprint density at radius 1 is 1.10 bits per heavy atom. The Balaban J connectivity index is 2.79. The molecule has 0 bridgehead atoms. The normalized spacial score (nSPS) is 13.4. The van der Waals surface area contributed by atoms with Crippen molar-refractivity contribution in [1.82, 2.24) is 5.32 Å². The standard InChI is InChI=1S/C18H32N2O/c1-13(2)17(14(3)4)11-20-18(10-19)16-9-7-6-8-15(16)12-21-5/h6-9,13-14,17-18,20H,10-12,19H2,1-5H3. The van der Waals surface area contributed by atoms with Gasteiger partial charge >= 0.3 is 0 Å². The molecule has 0 aliphatic rings. The number of nitrogens with one attached hydrogen (secondary N) is 1. The first-order valence-corrected chi connectivity index (χ1v) is 8.01. The lowest BCUT2D eigenvalue weighted by Gasteiger charge is -2.28. The summed E-state index contributed by atoms with van der Waals surface area (Å²) in [5, 5.41) is 3.67. The minimum Gasteiger partial charge on any atom is -0.380 e. The van der Waals surface area contributed by atoms with Crippen LogP contribution in [0.4, 0.5) is 0 Å². The minimum absolute atomic E-state index is 0.191. The van der Waals surface area contributed by atoms with Crippen molar-refractivity contribution in [2.75, 3.05) is 20.2 Å². The van der Waals surface area contributed by atoms with Gasteiger partial charge in [-0.05, 0) is 35.4 Å². The average Bonchev–Trinajstić information content (AvgIpc) is 2.44. The van der Waals surface area contributed by atoms with E-state index < -0.39 is 0 Å². The zero-order valence-electron chi connectivity index (χ0n) is 14.2. The minimum atomic E-state index is 0.191. The van der Waals surface area contributed by atoms with Gasteiger partial charge in [-0.1, -0.05) is 52.0 Å². The summed E-state index contributed by atoms with van der Waals surface area (Å²) in [6.45, 7) is 11.4. The third-order valence-electron chi connectivity index (χ3n) is 4.28. The van der Waals surface area contributed by atoms with E-state index in [1.807, 2.05) is 0 Å². The first-order chi connectivity index (χ1) is 10.0. The Bertz CT molecular complexity index is 396. The maximum atomic E-state index is 6.00. The van der Waals surface area contributed by atoms with Crippen molar-refractivity contribution in [3.05, 3.63) is 35.4 Å². The molecule has 3 N–H and O–H groups in total. The maximum Gasteiger partial charge on any atom is 0.0716 e. The summed E-state index contributed by atoms with van der Waals surface area (Å²) in [7, 11) is 1.73. The molecule has 3 heteroatoms. The van der Waals surface area contributed by atoms with Crippen molar-refractivity contribution in [2.24, 2.45) is 23.5 Å². The molecular weight excluding hydrogens is 260 g/mol. The number of benzene rings is 1. The lowest BCUT2D eigenvalue weighted by molar-refractivity contribution is 0.183. The van der Waals surface area contributed by atoms with Crippen LogP contribution in [0.5, 0.6) is 0 Å². The first-order valence-electron chi connectivity index (χ1n) is 8.01. The van der Waals surface area contributed by atoms with Crippen molar-refractivity contribution < 1.29 is 4.74 Å². The van der Waals surface area contributed by atoms with Crippen LogP contribution >= 0.6 is 0 Å². The molecule has 3 nitrogen and oxygen atoms in total. The van der Waals surface area contributed by atoms with Crippen LogP contribution in [0.1, 0.15) is 44.9 Å². The van der Waals surface area contributed by atoms with E-state index in [1.54, 1.807) is 7.11 Å². The van der Waals surface area contributed by atoms with E-state index in [4.69, 9.17) is 10.5 Å². The van der Waals surface area contributed by atoms with E-state index in [-0.39, 0.29) is 6.04 Å². The average molecular weight is 292 g/mol. The highest BCUT2D eigenvalue weighted by Crippen LogP contribution is 2.22. The van der Waals surface area contributed by atoms with Gasteiger partial charge in [0.2, 0.25) is 0 Å². The summed E-state index contributed by atoms with van der Waals surface area (Å²) in [6, 6.07) is 8.58. The molecule has 0 aliphatic carbocycles. The van der Waals surface area contributed by atoms with Gasteiger partial charge in [-0.25, -0.2) is 0 Å². The Kier molecular flexibility index (Phi) is 7.94. The van der Waals surface area contributed by atoms with Gasteiger partial charge in [0.25, 0.3) is 0 Å². The van der Waals surface area contributed by atoms with Crippen molar-refractivity contribution in [3.8, 4) is 0 Å². The molecule has 1 atom stereocenters. The zero-order chi connectivity index (χ0) is 15.8. The molecule has 0 aliphatic heterocycles. The van der Waals surface area contributed by atoms with Gasteiger partial charge in [0, 0.05) is 19.7 Å². The molecule has 0 aromatic heterocycles. The first kappa shape index (κ1) is 18.1. The number of hydrogen-bond donors (Lipinski definition) is 2. The molecule has 0 spiro atoms. The van der Waals surface area contributed by atoms with E-state index in [9.17, 15) is 0 Å². The van der Waals surface area contributed by atoms with Crippen LogP contribution in [0, 0.1) is 17.8 Å². The molecule has 0 amide bonds. The Hall–Kier alpha value is -0.900. The lowest BCUT2D eigenvalue weighted by atomic mass is 9.85. The maximum absolute atomic E-state index is 6.00. The predicted molar refractivity (Wildman–Crippen MR) is 90.1 cm³/mol. The van der Waals surface area contributed by atoms with Crippen LogP contribution < -0.4 is 11.1 Å². The zero-order valence-corrected chi connectivity index (χ0v) is 14.2. The van der Waals surface area contributed by atoms with Gasteiger partial charge in [-0.2, -0.15) is 0 Å². The summed E-state index contributed by atoms with van der Waals surface area (Å²) in [4.78, 5) is 0. The monoisotopic (exact) mass is 292 g/mol.